The van der Waals surface area contributed by atoms with Gasteiger partial charge >= 0.3 is 0 Å². The minimum atomic E-state index is -1.03. The van der Waals surface area contributed by atoms with E-state index < -0.39 is 17.0 Å². The van der Waals surface area contributed by atoms with Gasteiger partial charge in [-0.15, -0.1) is 11.6 Å². The van der Waals surface area contributed by atoms with Gasteiger partial charge in [0.2, 0.25) is 0 Å². The maximum atomic E-state index is 13.3. The molecule has 0 radical (unpaired) electrons. The molecule has 106 valence electrons. The van der Waals surface area contributed by atoms with Crippen LogP contribution in [-0.4, -0.2) is 7.11 Å². The highest BCUT2D eigenvalue weighted by Crippen LogP contribution is 2.39. The molecule has 2 aromatic rings. The van der Waals surface area contributed by atoms with Gasteiger partial charge in [0.15, 0.2) is 11.6 Å². The van der Waals surface area contributed by atoms with Crippen molar-refractivity contribution < 1.29 is 13.5 Å². The zero-order chi connectivity index (χ0) is 14.9. The number of ether oxygens (including phenoxy) is 1. The standard InChI is InChI=1S/C14H9Cl3F2O/c1-20-13-3-2-7(15)4-9(13)14(17)8-5-11(18)12(19)6-10(8)16/h2-6,14H,1H3. The molecule has 0 saturated heterocycles. The molecule has 0 fully saturated rings. The van der Waals surface area contributed by atoms with Gasteiger partial charge in [0.25, 0.3) is 0 Å². The van der Waals surface area contributed by atoms with E-state index in [-0.39, 0.29) is 10.6 Å². The van der Waals surface area contributed by atoms with Crippen molar-refractivity contribution in [3.05, 3.63) is 63.1 Å². The van der Waals surface area contributed by atoms with E-state index in [0.29, 0.717) is 16.3 Å². The summed E-state index contributed by atoms with van der Waals surface area (Å²) in [6.07, 6.45) is 0. The molecule has 2 aromatic carbocycles. The molecule has 0 spiro atoms. The van der Waals surface area contributed by atoms with Crippen molar-refractivity contribution in [2.75, 3.05) is 7.11 Å². The van der Waals surface area contributed by atoms with Gasteiger partial charge in [-0.25, -0.2) is 8.78 Å². The molecule has 0 aliphatic rings. The average Bonchev–Trinajstić information content (AvgIpc) is 2.42. The Balaban J connectivity index is 2.54. The van der Waals surface area contributed by atoms with Gasteiger partial charge in [-0.05, 0) is 35.9 Å². The van der Waals surface area contributed by atoms with Crippen molar-refractivity contribution in [3.63, 3.8) is 0 Å². The monoisotopic (exact) mass is 336 g/mol. The lowest BCUT2D eigenvalue weighted by Gasteiger charge is -2.16. The summed E-state index contributed by atoms with van der Waals surface area (Å²) < 4.78 is 31.6. The Kier molecular flexibility index (Phi) is 4.74. The highest BCUT2D eigenvalue weighted by Gasteiger charge is 2.21. The Morgan fingerprint density at radius 2 is 1.65 bits per heavy atom. The molecule has 0 saturated carbocycles. The zero-order valence-electron chi connectivity index (χ0n) is 10.3. The van der Waals surface area contributed by atoms with Crippen molar-refractivity contribution in [2.24, 2.45) is 0 Å². The molecule has 6 heteroatoms. The van der Waals surface area contributed by atoms with E-state index in [1.54, 1.807) is 18.2 Å². The second kappa shape index (κ2) is 6.17. The summed E-state index contributed by atoms with van der Waals surface area (Å²) in [6.45, 7) is 0. The zero-order valence-corrected chi connectivity index (χ0v) is 12.5. The largest absolute Gasteiger partial charge is 0.496 e. The SMILES string of the molecule is COc1ccc(Cl)cc1C(Cl)c1cc(F)c(F)cc1Cl. The molecule has 1 unspecified atom stereocenters. The lowest BCUT2D eigenvalue weighted by atomic mass is 10.0. The Labute approximate surface area is 130 Å². The molecular weight excluding hydrogens is 329 g/mol. The van der Waals surface area contributed by atoms with Gasteiger partial charge in [0, 0.05) is 15.6 Å². The Hall–Kier alpha value is -1.03. The predicted octanol–water partition coefficient (Wildman–Crippen LogP) is 5.61. The fraction of sp³-hybridized carbons (Fsp3) is 0.143. The Morgan fingerprint density at radius 3 is 2.30 bits per heavy atom. The second-order valence-electron chi connectivity index (χ2n) is 4.04. The topological polar surface area (TPSA) is 9.23 Å². The first-order valence-corrected chi connectivity index (χ1v) is 6.75. The van der Waals surface area contributed by atoms with Gasteiger partial charge in [0.1, 0.15) is 5.75 Å². The van der Waals surface area contributed by atoms with Crippen LogP contribution in [0.4, 0.5) is 8.78 Å². The van der Waals surface area contributed by atoms with E-state index in [9.17, 15) is 8.78 Å². The number of rotatable bonds is 3. The number of halogens is 5. The molecule has 0 bridgehead atoms. The molecule has 20 heavy (non-hydrogen) atoms. The summed E-state index contributed by atoms with van der Waals surface area (Å²) in [5.74, 6) is -1.56. The minimum Gasteiger partial charge on any atom is -0.496 e. The van der Waals surface area contributed by atoms with Crippen LogP contribution in [0.2, 0.25) is 10.0 Å². The van der Waals surface area contributed by atoms with Crippen LogP contribution < -0.4 is 4.74 Å². The van der Waals surface area contributed by atoms with Crippen LogP contribution in [0.1, 0.15) is 16.5 Å². The van der Waals surface area contributed by atoms with Crippen LogP contribution in [0.3, 0.4) is 0 Å². The molecule has 0 heterocycles. The molecule has 0 amide bonds. The maximum Gasteiger partial charge on any atom is 0.160 e. The van der Waals surface area contributed by atoms with E-state index in [1.807, 2.05) is 0 Å². The average molecular weight is 338 g/mol. The highest BCUT2D eigenvalue weighted by molar-refractivity contribution is 6.33. The third-order valence-electron chi connectivity index (χ3n) is 2.78. The molecule has 1 atom stereocenters. The van der Waals surface area contributed by atoms with Gasteiger partial charge in [0.05, 0.1) is 12.5 Å². The van der Waals surface area contributed by atoms with E-state index in [4.69, 9.17) is 39.5 Å². The predicted molar refractivity (Wildman–Crippen MR) is 77.1 cm³/mol. The van der Waals surface area contributed by atoms with Crippen LogP contribution in [0.5, 0.6) is 5.75 Å². The first-order valence-electron chi connectivity index (χ1n) is 5.56. The van der Waals surface area contributed by atoms with E-state index in [0.717, 1.165) is 12.1 Å². The van der Waals surface area contributed by atoms with Crippen molar-refractivity contribution >= 4 is 34.8 Å². The van der Waals surface area contributed by atoms with E-state index in [2.05, 4.69) is 0 Å². The molecule has 0 aromatic heterocycles. The lowest BCUT2D eigenvalue weighted by Crippen LogP contribution is -2.00. The number of alkyl halides is 1. The van der Waals surface area contributed by atoms with Crippen LogP contribution >= 0.6 is 34.8 Å². The summed E-state index contributed by atoms with van der Waals surface area (Å²) in [7, 11) is 1.48. The summed E-state index contributed by atoms with van der Waals surface area (Å²) in [5, 5.41) is -0.331. The van der Waals surface area contributed by atoms with Gasteiger partial charge in [-0.2, -0.15) is 0 Å². The van der Waals surface area contributed by atoms with Crippen molar-refractivity contribution in [1.82, 2.24) is 0 Å². The number of benzene rings is 2. The molecule has 2 rings (SSSR count). The quantitative estimate of drug-likeness (QED) is 0.522. The smallest absolute Gasteiger partial charge is 0.160 e. The fourth-order valence-electron chi connectivity index (χ4n) is 1.80. The van der Waals surface area contributed by atoms with Crippen LogP contribution in [-0.2, 0) is 0 Å². The number of hydrogen-bond donors (Lipinski definition) is 0. The summed E-state index contributed by atoms with van der Waals surface area (Å²) in [6, 6.07) is 6.73. The first-order chi connectivity index (χ1) is 9.43. The third-order valence-corrected chi connectivity index (χ3v) is 3.81. The molecular formula is C14H9Cl3F2O. The normalized spacial score (nSPS) is 12.3. The molecule has 0 N–H and O–H groups in total. The number of methoxy groups -OCH3 is 1. The highest BCUT2D eigenvalue weighted by atomic mass is 35.5. The van der Waals surface area contributed by atoms with E-state index in [1.165, 1.54) is 7.11 Å². The third kappa shape index (κ3) is 3.00. The van der Waals surface area contributed by atoms with E-state index >= 15 is 0 Å². The Morgan fingerprint density at radius 1 is 1.00 bits per heavy atom. The van der Waals surface area contributed by atoms with Crippen LogP contribution in [0, 0.1) is 11.6 Å². The number of hydrogen-bond acceptors (Lipinski definition) is 1. The van der Waals surface area contributed by atoms with Crippen molar-refractivity contribution in [2.45, 2.75) is 5.38 Å². The molecule has 0 aliphatic heterocycles. The molecule has 1 nitrogen and oxygen atoms in total. The van der Waals surface area contributed by atoms with Crippen molar-refractivity contribution in [3.8, 4) is 5.75 Å². The summed E-state index contributed by atoms with van der Waals surface area (Å²) >= 11 is 18.1. The summed E-state index contributed by atoms with van der Waals surface area (Å²) in [5.41, 5.74) is 0.766. The van der Waals surface area contributed by atoms with Gasteiger partial charge < -0.3 is 4.74 Å². The minimum absolute atomic E-state index is 0.0333. The fourth-order valence-corrected chi connectivity index (χ4v) is 2.65. The molecule has 0 aliphatic carbocycles. The first kappa shape index (κ1) is 15.4. The second-order valence-corrected chi connectivity index (χ2v) is 5.32. The summed E-state index contributed by atoms with van der Waals surface area (Å²) in [4.78, 5) is 0. The van der Waals surface area contributed by atoms with Crippen molar-refractivity contribution in [1.29, 1.82) is 0 Å². The van der Waals surface area contributed by atoms with Gasteiger partial charge in [-0.1, -0.05) is 23.2 Å². The Bertz CT molecular complexity index is 647. The van der Waals surface area contributed by atoms with Crippen LogP contribution in [0.15, 0.2) is 30.3 Å². The van der Waals surface area contributed by atoms with Crippen LogP contribution in [0.25, 0.3) is 0 Å². The van der Waals surface area contributed by atoms with Gasteiger partial charge in [-0.3, -0.25) is 0 Å². The maximum absolute atomic E-state index is 13.3. The lowest BCUT2D eigenvalue weighted by molar-refractivity contribution is 0.410.